The van der Waals surface area contributed by atoms with E-state index in [-0.39, 0.29) is 0 Å². The second-order valence-corrected chi connectivity index (χ2v) is 5.63. The summed E-state index contributed by atoms with van der Waals surface area (Å²) in [6, 6.07) is 2.58. The van der Waals surface area contributed by atoms with Crippen molar-refractivity contribution in [3.63, 3.8) is 0 Å². The van der Waals surface area contributed by atoms with Gasteiger partial charge in [-0.15, -0.1) is 0 Å². The number of hydrogen-bond acceptors (Lipinski definition) is 3. The van der Waals surface area contributed by atoms with Crippen molar-refractivity contribution in [1.29, 1.82) is 0 Å². The summed E-state index contributed by atoms with van der Waals surface area (Å²) in [5, 5.41) is 3.41. The highest BCUT2D eigenvalue weighted by Crippen LogP contribution is 2.14. The van der Waals surface area contributed by atoms with Gasteiger partial charge in [0, 0.05) is 24.7 Å². The molecule has 3 heteroatoms. The van der Waals surface area contributed by atoms with Crippen molar-refractivity contribution in [2.45, 2.75) is 53.8 Å². The number of rotatable bonds is 8. The van der Waals surface area contributed by atoms with Crippen LogP contribution in [0.4, 0.5) is 0 Å². The number of nitrogens with zero attached hydrogens (tertiary/aromatic N) is 1. The SMILES string of the molecule is CCN(Cc1ccoc1CNC(C)C)CC(C)C. The van der Waals surface area contributed by atoms with E-state index in [1.165, 1.54) is 5.56 Å². The van der Waals surface area contributed by atoms with E-state index in [0.29, 0.717) is 12.0 Å². The van der Waals surface area contributed by atoms with Gasteiger partial charge in [-0.25, -0.2) is 0 Å². The molecule has 3 nitrogen and oxygen atoms in total. The summed E-state index contributed by atoms with van der Waals surface area (Å²) >= 11 is 0. The van der Waals surface area contributed by atoms with E-state index in [1.54, 1.807) is 6.26 Å². The molecule has 104 valence electrons. The van der Waals surface area contributed by atoms with Crippen LogP contribution >= 0.6 is 0 Å². The van der Waals surface area contributed by atoms with Gasteiger partial charge in [-0.1, -0.05) is 34.6 Å². The molecule has 0 aliphatic carbocycles. The van der Waals surface area contributed by atoms with E-state index in [0.717, 1.165) is 31.9 Å². The fourth-order valence-corrected chi connectivity index (χ4v) is 2.02. The Kier molecular flexibility index (Phi) is 6.44. The zero-order chi connectivity index (χ0) is 13.5. The zero-order valence-corrected chi connectivity index (χ0v) is 12.5. The van der Waals surface area contributed by atoms with Crippen molar-refractivity contribution in [3.05, 3.63) is 23.7 Å². The molecule has 1 aromatic rings. The lowest BCUT2D eigenvalue weighted by atomic mass is 10.1. The van der Waals surface area contributed by atoms with Gasteiger partial charge in [-0.05, 0) is 18.5 Å². The first-order chi connectivity index (χ1) is 8.52. The van der Waals surface area contributed by atoms with Crippen LogP contribution in [0.1, 0.15) is 45.9 Å². The predicted molar refractivity (Wildman–Crippen MR) is 76.5 cm³/mol. The van der Waals surface area contributed by atoms with Gasteiger partial charge < -0.3 is 9.73 Å². The fraction of sp³-hybridized carbons (Fsp3) is 0.733. The lowest BCUT2D eigenvalue weighted by Crippen LogP contribution is -2.28. The van der Waals surface area contributed by atoms with E-state index < -0.39 is 0 Å². The largest absolute Gasteiger partial charge is 0.468 e. The highest BCUT2D eigenvalue weighted by molar-refractivity contribution is 5.16. The summed E-state index contributed by atoms with van der Waals surface area (Å²) in [4.78, 5) is 2.47. The van der Waals surface area contributed by atoms with Gasteiger partial charge in [-0.2, -0.15) is 0 Å². The predicted octanol–water partition coefficient (Wildman–Crippen LogP) is 3.26. The minimum absolute atomic E-state index is 0.487. The van der Waals surface area contributed by atoms with Crippen LogP contribution in [0.15, 0.2) is 16.7 Å². The average Bonchev–Trinajstić information content (AvgIpc) is 2.72. The summed E-state index contributed by atoms with van der Waals surface area (Å²) in [7, 11) is 0. The van der Waals surface area contributed by atoms with Crippen LogP contribution in [0, 0.1) is 5.92 Å². The first kappa shape index (κ1) is 15.3. The minimum atomic E-state index is 0.487. The van der Waals surface area contributed by atoms with Crippen molar-refractivity contribution < 1.29 is 4.42 Å². The van der Waals surface area contributed by atoms with Crippen LogP contribution < -0.4 is 5.32 Å². The van der Waals surface area contributed by atoms with Crippen molar-refractivity contribution >= 4 is 0 Å². The monoisotopic (exact) mass is 252 g/mol. The molecule has 0 unspecified atom stereocenters. The Labute approximate surface area is 112 Å². The van der Waals surface area contributed by atoms with Gasteiger partial charge in [0.25, 0.3) is 0 Å². The van der Waals surface area contributed by atoms with Crippen LogP contribution in [0.25, 0.3) is 0 Å². The molecule has 0 amide bonds. The number of nitrogens with one attached hydrogen (secondary N) is 1. The highest BCUT2D eigenvalue weighted by atomic mass is 16.3. The van der Waals surface area contributed by atoms with Crippen molar-refractivity contribution in [3.8, 4) is 0 Å². The smallest absolute Gasteiger partial charge is 0.122 e. The second-order valence-electron chi connectivity index (χ2n) is 5.63. The zero-order valence-electron chi connectivity index (χ0n) is 12.5. The molecule has 0 fully saturated rings. The summed E-state index contributed by atoms with van der Waals surface area (Å²) < 4.78 is 5.58. The Morgan fingerprint density at radius 3 is 2.56 bits per heavy atom. The quantitative estimate of drug-likeness (QED) is 0.770. The lowest BCUT2D eigenvalue weighted by molar-refractivity contribution is 0.246. The molecule has 18 heavy (non-hydrogen) atoms. The molecule has 0 bridgehead atoms. The van der Waals surface area contributed by atoms with Crippen molar-refractivity contribution in [2.24, 2.45) is 5.92 Å². The first-order valence-corrected chi connectivity index (χ1v) is 7.03. The third-order valence-electron chi connectivity index (χ3n) is 2.97. The molecular weight excluding hydrogens is 224 g/mol. The Bertz CT molecular complexity index is 331. The van der Waals surface area contributed by atoms with E-state index in [9.17, 15) is 0 Å². The Morgan fingerprint density at radius 1 is 1.28 bits per heavy atom. The molecule has 0 saturated heterocycles. The molecule has 0 atom stereocenters. The Hall–Kier alpha value is -0.800. The molecule has 0 aliphatic rings. The van der Waals surface area contributed by atoms with Crippen LogP contribution in [0.5, 0.6) is 0 Å². The maximum absolute atomic E-state index is 5.58. The maximum atomic E-state index is 5.58. The molecule has 0 aromatic carbocycles. The molecule has 1 aromatic heterocycles. The molecule has 1 N–H and O–H groups in total. The third kappa shape index (κ3) is 5.23. The van der Waals surface area contributed by atoms with E-state index >= 15 is 0 Å². The van der Waals surface area contributed by atoms with Gasteiger partial charge in [-0.3, -0.25) is 4.90 Å². The molecule has 1 heterocycles. The minimum Gasteiger partial charge on any atom is -0.468 e. The summed E-state index contributed by atoms with van der Waals surface area (Å²) in [5.74, 6) is 1.78. The second kappa shape index (κ2) is 7.59. The van der Waals surface area contributed by atoms with Crippen molar-refractivity contribution in [1.82, 2.24) is 10.2 Å². The van der Waals surface area contributed by atoms with E-state index in [1.807, 2.05) is 0 Å². The molecule has 1 rings (SSSR count). The fourth-order valence-electron chi connectivity index (χ4n) is 2.02. The summed E-state index contributed by atoms with van der Waals surface area (Å²) in [5.41, 5.74) is 1.31. The van der Waals surface area contributed by atoms with Gasteiger partial charge in [0.1, 0.15) is 5.76 Å². The van der Waals surface area contributed by atoms with Crippen LogP contribution in [-0.4, -0.2) is 24.0 Å². The van der Waals surface area contributed by atoms with Gasteiger partial charge in [0.05, 0.1) is 12.8 Å². The summed E-state index contributed by atoms with van der Waals surface area (Å²) in [6.45, 7) is 15.1. The van der Waals surface area contributed by atoms with Crippen LogP contribution in [0.2, 0.25) is 0 Å². The van der Waals surface area contributed by atoms with E-state index in [4.69, 9.17) is 4.42 Å². The van der Waals surface area contributed by atoms with Gasteiger partial charge in [0.2, 0.25) is 0 Å². The van der Waals surface area contributed by atoms with Crippen LogP contribution in [0.3, 0.4) is 0 Å². The Balaban J connectivity index is 2.57. The summed E-state index contributed by atoms with van der Waals surface area (Å²) in [6.07, 6.45) is 1.80. The highest BCUT2D eigenvalue weighted by Gasteiger charge is 2.11. The standard InChI is InChI=1S/C15H28N2O/c1-6-17(10-12(2)3)11-14-7-8-18-15(14)9-16-13(4)5/h7-8,12-13,16H,6,9-11H2,1-5H3. The maximum Gasteiger partial charge on any atom is 0.122 e. The molecule has 0 radical (unpaired) electrons. The van der Waals surface area contributed by atoms with Crippen LogP contribution in [-0.2, 0) is 13.1 Å². The topological polar surface area (TPSA) is 28.4 Å². The van der Waals surface area contributed by atoms with E-state index in [2.05, 4.69) is 50.9 Å². The normalized spacial score (nSPS) is 12.0. The molecular formula is C15H28N2O. The number of hydrogen-bond donors (Lipinski definition) is 1. The van der Waals surface area contributed by atoms with Crippen molar-refractivity contribution in [2.75, 3.05) is 13.1 Å². The lowest BCUT2D eigenvalue weighted by Gasteiger charge is -2.22. The van der Waals surface area contributed by atoms with Gasteiger partial charge in [0.15, 0.2) is 0 Å². The van der Waals surface area contributed by atoms with Gasteiger partial charge >= 0.3 is 0 Å². The Morgan fingerprint density at radius 2 is 2.00 bits per heavy atom. The molecule has 0 spiro atoms. The molecule has 0 saturated carbocycles. The molecule has 0 aliphatic heterocycles. The number of furan rings is 1. The average molecular weight is 252 g/mol. The third-order valence-corrected chi connectivity index (χ3v) is 2.97. The first-order valence-electron chi connectivity index (χ1n) is 7.03.